The molecule has 0 aromatic heterocycles. The number of aliphatic hydroxyl groups is 1. The van der Waals surface area contributed by atoms with Crippen LogP contribution in [0.15, 0.2) is 23.1 Å². The second-order valence-corrected chi connectivity index (χ2v) is 7.22. The van der Waals surface area contributed by atoms with Gasteiger partial charge in [0.15, 0.2) is 0 Å². The van der Waals surface area contributed by atoms with Crippen LogP contribution in [0.2, 0.25) is 0 Å². The average molecular weight is 353 g/mol. The lowest BCUT2D eigenvalue weighted by Gasteiger charge is -2.34. The van der Waals surface area contributed by atoms with Crippen molar-refractivity contribution >= 4 is 10.0 Å². The maximum atomic E-state index is 13.0. The summed E-state index contributed by atoms with van der Waals surface area (Å²) < 4.78 is 70.7. The van der Waals surface area contributed by atoms with Crippen LogP contribution in [0.5, 0.6) is 0 Å². The number of sulfonamides is 1. The maximum Gasteiger partial charge on any atom is 0.416 e. The highest BCUT2D eigenvalue weighted by atomic mass is 32.2. The second-order valence-electron chi connectivity index (χ2n) is 5.33. The standard InChI is InChI=1S/C14H18F3NO4S/c1-10-2-3-12(8-13(10)14(15,16)17)23(20,21)18-5-7-22-9-11(18)4-6-19/h2-3,8,11,19H,4-7,9H2,1H3. The molecule has 0 bridgehead atoms. The van der Waals surface area contributed by atoms with Crippen molar-refractivity contribution < 1.29 is 31.4 Å². The Morgan fingerprint density at radius 2 is 2.09 bits per heavy atom. The minimum absolute atomic E-state index is 0.0367. The lowest BCUT2D eigenvalue weighted by atomic mass is 10.1. The number of alkyl halides is 3. The lowest BCUT2D eigenvalue weighted by Crippen LogP contribution is -2.48. The Labute approximate surface area is 132 Å². The molecule has 1 unspecified atom stereocenters. The third-order valence-electron chi connectivity index (χ3n) is 3.76. The molecule has 23 heavy (non-hydrogen) atoms. The molecule has 1 fully saturated rings. The normalized spacial score (nSPS) is 20.7. The smallest absolute Gasteiger partial charge is 0.396 e. The third-order valence-corrected chi connectivity index (χ3v) is 5.70. The van der Waals surface area contributed by atoms with Gasteiger partial charge in [0.1, 0.15) is 0 Å². The Morgan fingerprint density at radius 3 is 2.70 bits per heavy atom. The van der Waals surface area contributed by atoms with Gasteiger partial charge in [-0.25, -0.2) is 8.42 Å². The summed E-state index contributed by atoms with van der Waals surface area (Å²) in [6.07, 6.45) is -4.46. The Bertz CT molecular complexity index is 658. The number of benzene rings is 1. The van der Waals surface area contributed by atoms with E-state index in [0.717, 1.165) is 10.4 Å². The zero-order valence-electron chi connectivity index (χ0n) is 12.5. The van der Waals surface area contributed by atoms with Crippen LogP contribution in [0.25, 0.3) is 0 Å². The largest absolute Gasteiger partial charge is 0.416 e. The van der Waals surface area contributed by atoms with Crippen molar-refractivity contribution in [3.8, 4) is 0 Å². The number of ether oxygens (including phenoxy) is 1. The summed E-state index contributed by atoms with van der Waals surface area (Å²) in [5, 5.41) is 9.03. The summed E-state index contributed by atoms with van der Waals surface area (Å²) in [7, 11) is -4.09. The Morgan fingerprint density at radius 1 is 1.39 bits per heavy atom. The highest BCUT2D eigenvalue weighted by molar-refractivity contribution is 7.89. The first-order valence-corrected chi connectivity index (χ1v) is 8.50. The molecule has 0 aliphatic carbocycles. The zero-order valence-corrected chi connectivity index (χ0v) is 13.3. The number of halogens is 3. The Kier molecular flexibility index (Phi) is 5.34. The minimum Gasteiger partial charge on any atom is -0.396 e. The molecular weight excluding hydrogens is 335 g/mol. The van der Waals surface area contributed by atoms with Crippen molar-refractivity contribution in [2.24, 2.45) is 0 Å². The van der Waals surface area contributed by atoms with Crippen LogP contribution in [0.1, 0.15) is 17.5 Å². The van der Waals surface area contributed by atoms with Gasteiger partial charge in [-0.1, -0.05) is 6.07 Å². The molecule has 5 nitrogen and oxygen atoms in total. The Balaban J connectivity index is 2.43. The summed E-state index contributed by atoms with van der Waals surface area (Å²) in [5.74, 6) is 0. The van der Waals surface area contributed by atoms with Gasteiger partial charge in [-0.3, -0.25) is 0 Å². The SMILES string of the molecule is Cc1ccc(S(=O)(=O)N2CCOCC2CCO)cc1C(F)(F)F. The van der Waals surface area contributed by atoms with E-state index in [2.05, 4.69) is 0 Å². The second kappa shape index (κ2) is 6.76. The van der Waals surface area contributed by atoms with E-state index in [9.17, 15) is 21.6 Å². The molecule has 9 heteroatoms. The molecule has 130 valence electrons. The predicted octanol–water partition coefficient (Wildman–Crippen LogP) is 1.79. The van der Waals surface area contributed by atoms with Crippen molar-refractivity contribution in [3.63, 3.8) is 0 Å². The Hall–Kier alpha value is -1.16. The summed E-state index contributed by atoms with van der Waals surface area (Å²) >= 11 is 0. The van der Waals surface area contributed by atoms with Crippen LogP contribution in [-0.4, -0.2) is 50.2 Å². The van der Waals surface area contributed by atoms with Crippen LogP contribution in [0.3, 0.4) is 0 Å². The average Bonchev–Trinajstić information content (AvgIpc) is 2.47. The van der Waals surface area contributed by atoms with E-state index in [-0.39, 0.29) is 38.3 Å². The fourth-order valence-corrected chi connectivity index (χ4v) is 4.19. The topological polar surface area (TPSA) is 66.8 Å². The number of hydrogen-bond donors (Lipinski definition) is 1. The molecule has 1 saturated heterocycles. The van der Waals surface area contributed by atoms with Crippen LogP contribution < -0.4 is 0 Å². The van der Waals surface area contributed by atoms with E-state index in [1.165, 1.54) is 13.0 Å². The molecular formula is C14H18F3NO4S. The van der Waals surface area contributed by atoms with Gasteiger partial charge in [-0.05, 0) is 31.0 Å². The minimum atomic E-state index is -4.62. The first kappa shape index (κ1) is 18.2. The van der Waals surface area contributed by atoms with E-state index in [1.807, 2.05) is 0 Å². The van der Waals surface area contributed by atoms with Crippen LogP contribution in [0, 0.1) is 6.92 Å². The molecule has 1 N–H and O–H groups in total. The monoisotopic (exact) mass is 353 g/mol. The van der Waals surface area contributed by atoms with Crippen molar-refractivity contribution in [2.45, 2.75) is 30.5 Å². The molecule has 1 aromatic rings. The molecule has 1 aromatic carbocycles. The van der Waals surface area contributed by atoms with Crippen molar-refractivity contribution in [1.29, 1.82) is 0 Å². The number of hydrogen-bond acceptors (Lipinski definition) is 4. The fourth-order valence-electron chi connectivity index (χ4n) is 2.53. The zero-order chi connectivity index (χ0) is 17.3. The summed E-state index contributed by atoms with van der Waals surface area (Å²) in [6, 6.07) is 2.40. The van der Waals surface area contributed by atoms with E-state index in [4.69, 9.17) is 9.84 Å². The van der Waals surface area contributed by atoms with E-state index in [1.54, 1.807) is 0 Å². The number of morpholine rings is 1. The van der Waals surface area contributed by atoms with Crippen LogP contribution in [0.4, 0.5) is 13.2 Å². The lowest BCUT2D eigenvalue weighted by molar-refractivity contribution is -0.138. The van der Waals surface area contributed by atoms with Crippen molar-refractivity contribution in [2.75, 3.05) is 26.4 Å². The van der Waals surface area contributed by atoms with Gasteiger partial charge in [0.2, 0.25) is 10.0 Å². The quantitative estimate of drug-likeness (QED) is 0.896. The van der Waals surface area contributed by atoms with Gasteiger partial charge in [-0.15, -0.1) is 0 Å². The van der Waals surface area contributed by atoms with Crippen LogP contribution >= 0.6 is 0 Å². The molecule has 0 amide bonds. The van der Waals surface area contributed by atoms with Gasteiger partial charge in [0, 0.05) is 13.2 Å². The first-order chi connectivity index (χ1) is 10.7. The number of aryl methyl sites for hydroxylation is 1. The van der Waals surface area contributed by atoms with Gasteiger partial charge in [0.05, 0.1) is 29.7 Å². The van der Waals surface area contributed by atoms with E-state index < -0.39 is 32.7 Å². The molecule has 1 atom stereocenters. The molecule has 0 radical (unpaired) electrons. The van der Waals surface area contributed by atoms with Gasteiger partial charge >= 0.3 is 6.18 Å². The third kappa shape index (κ3) is 3.85. The first-order valence-electron chi connectivity index (χ1n) is 7.06. The fraction of sp³-hybridized carbons (Fsp3) is 0.571. The summed E-state index contributed by atoms with van der Waals surface area (Å²) in [4.78, 5) is -0.403. The van der Waals surface area contributed by atoms with E-state index >= 15 is 0 Å². The number of rotatable bonds is 4. The van der Waals surface area contributed by atoms with Gasteiger partial charge in [0.25, 0.3) is 0 Å². The molecule has 1 aliphatic rings. The highest BCUT2D eigenvalue weighted by Gasteiger charge is 2.37. The summed E-state index contributed by atoms with van der Waals surface area (Å²) in [5.41, 5.74) is -1.00. The van der Waals surface area contributed by atoms with Gasteiger partial charge < -0.3 is 9.84 Å². The van der Waals surface area contributed by atoms with Crippen molar-refractivity contribution in [1.82, 2.24) is 4.31 Å². The number of aliphatic hydroxyl groups excluding tert-OH is 1. The summed E-state index contributed by atoms with van der Waals surface area (Å²) in [6.45, 7) is 1.36. The molecule has 0 saturated carbocycles. The molecule has 0 spiro atoms. The van der Waals surface area contributed by atoms with Crippen molar-refractivity contribution in [3.05, 3.63) is 29.3 Å². The molecule has 1 heterocycles. The van der Waals surface area contributed by atoms with Gasteiger partial charge in [-0.2, -0.15) is 17.5 Å². The highest BCUT2D eigenvalue weighted by Crippen LogP contribution is 2.34. The molecule has 1 aliphatic heterocycles. The van der Waals surface area contributed by atoms with Crippen LogP contribution in [-0.2, 0) is 20.9 Å². The number of nitrogens with zero attached hydrogens (tertiary/aromatic N) is 1. The maximum absolute atomic E-state index is 13.0. The predicted molar refractivity (Wildman–Crippen MR) is 76.4 cm³/mol. The molecule has 2 rings (SSSR count). The van der Waals surface area contributed by atoms with E-state index in [0.29, 0.717) is 6.07 Å².